The molecule has 0 spiro atoms. The Morgan fingerprint density at radius 3 is 2.35 bits per heavy atom. The molecule has 100 valence electrons. The second-order valence-corrected chi connectivity index (χ2v) is 5.47. The van der Waals surface area contributed by atoms with Gasteiger partial charge in [-0.2, -0.15) is 0 Å². The van der Waals surface area contributed by atoms with E-state index in [4.69, 9.17) is 10.2 Å². The maximum Gasteiger partial charge on any atom is 0.313 e. The van der Waals surface area contributed by atoms with Gasteiger partial charge in [0, 0.05) is 4.90 Å². The predicted octanol–water partition coefficient (Wildman–Crippen LogP) is 2.49. The number of aromatic nitrogens is 2. The molecule has 3 aromatic rings. The summed E-state index contributed by atoms with van der Waals surface area (Å²) in [6.45, 7) is 0. The third-order valence-corrected chi connectivity index (χ3v) is 4.17. The van der Waals surface area contributed by atoms with E-state index < -0.39 is 10.8 Å². The van der Waals surface area contributed by atoms with Gasteiger partial charge in [0.2, 0.25) is 0 Å². The van der Waals surface area contributed by atoms with Crippen LogP contribution >= 0.6 is 0 Å². The molecule has 1 atom stereocenters. The smallest absolute Gasteiger partial charge is 0.313 e. The number of nitrogen functional groups attached to an aromatic ring is 1. The van der Waals surface area contributed by atoms with E-state index in [-0.39, 0.29) is 11.9 Å². The topological polar surface area (TPSA) is 82.0 Å². The molecule has 0 aliphatic heterocycles. The summed E-state index contributed by atoms with van der Waals surface area (Å²) in [6.07, 6.45) is 0. The fraction of sp³-hybridized carbons (Fsp3) is 0. The normalized spacial score (nSPS) is 12.2. The Balaban J connectivity index is 2.09. The summed E-state index contributed by atoms with van der Waals surface area (Å²) in [6, 6.07) is 16.4. The Labute approximate surface area is 117 Å². The molecule has 6 heteroatoms. The van der Waals surface area contributed by atoms with E-state index in [1.165, 1.54) is 0 Å². The van der Waals surface area contributed by atoms with E-state index in [0.717, 1.165) is 0 Å². The van der Waals surface area contributed by atoms with Crippen LogP contribution in [0.5, 0.6) is 0 Å². The molecule has 0 fully saturated rings. The van der Waals surface area contributed by atoms with Crippen molar-refractivity contribution in [2.45, 2.75) is 9.79 Å². The Bertz CT molecular complexity index is 756. The van der Waals surface area contributed by atoms with Crippen LogP contribution in [0.4, 0.5) is 6.01 Å². The van der Waals surface area contributed by atoms with Crippen LogP contribution in [-0.4, -0.2) is 14.4 Å². The van der Waals surface area contributed by atoms with Gasteiger partial charge in [0.15, 0.2) is 0 Å². The largest absolute Gasteiger partial charge is 0.404 e. The zero-order valence-corrected chi connectivity index (χ0v) is 11.2. The minimum absolute atomic E-state index is 0.0136. The van der Waals surface area contributed by atoms with Crippen LogP contribution in [0.15, 0.2) is 68.8 Å². The number of hydrogen-bond donors (Lipinski definition) is 1. The highest BCUT2D eigenvalue weighted by Gasteiger charge is 2.16. The van der Waals surface area contributed by atoms with Gasteiger partial charge in [-0.25, -0.2) is 4.21 Å². The van der Waals surface area contributed by atoms with Crippen molar-refractivity contribution in [3.8, 4) is 11.5 Å². The molecule has 0 bridgehead atoms. The lowest BCUT2D eigenvalue weighted by Crippen LogP contribution is -1.95. The lowest BCUT2D eigenvalue weighted by Gasteiger charge is -2.06. The minimum Gasteiger partial charge on any atom is -0.404 e. The molecule has 2 aromatic carbocycles. The number of nitrogens with zero attached hydrogens (tertiary/aromatic N) is 2. The van der Waals surface area contributed by atoms with Crippen molar-refractivity contribution >= 4 is 16.8 Å². The molecule has 1 aromatic heterocycles. The van der Waals surface area contributed by atoms with E-state index in [2.05, 4.69) is 10.2 Å². The zero-order chi connectivity index (χ0) is 13.9. The molecule has 1 heterocycles. The van der Waals surface area contributed by atoms with Gasteiger partial charge in [-0.1, -0.05) is 35.4 Å². The van der Waals surface area contributed by atoms with E-state index in [1.807, 2.05) is 42.5 Å². The third kappa shape index (κ3) is 2.33. The van der Waals surface area contributed by atoms with Crippen molar-refractivity contribution in [3.05, 3.63) is 54.6 Å². The van der Waals surface area contributed by atoms with E-state index in [1.54, 1.807) is 12.1 Å². The third-order valence-electron chi connectivity index (χ3n) is 2.72. The number of anilines is 1. The fourth-order valence-electron chi connectivity index (χ4n) is 1.82. The van der Waals surface area contributed by atoms with Crippen LogP contribution in [0.25, 0.3) is 11.5 Å². The summed E-state index contributed by atoms with van der Waals surface area (Å²) in [5.41, 5.74) is 6.06. The first-order valence-corrected chi connectivity index (χ1v) is 7.06. The summed E-state index contributed by atoms with van der Waals surface area (Å²) >= 11 is 0. The van der Waals surface area contributed by atoms with Gasteiger partial charge < -0.3 is 10.2 Å². The SMILES string of the molecule is Nc1nnc(-c2ccccc2S(=O)c2ccccc2)o1. The first-order valence-electron chi connectivity index (χ1n) is 5.91. The standard InChI is InChI=1S/C14H11N3O2S/c15-14-17-16-13(19-14)11-8-4-5-9-12(11)20(18)10-6-2-1-3-7-10/h1-9H,(H2,15,17). The van der Waals surface area contributed by atoms with Crippen LogP contribution in [0.2, 0.25) is 0 Å². The fourth-order valence-corrected chi connectivity index (χ4v) is 3.03. The van der Waals surface area contributed by atoms with Gasteiger partial charge in [0.05, 0.1) is 21.3 Å². The monoisotopic (exact) mass is 285 g/mol. The molecule has 0 aliphatic carbocycles. The zero-order valence-electron chi connectivity index (χ0n) is 10.4. The second kappa shape index (κ2) is 5.26. The van der Waals surface area contributed by atoms with Crippen molar-refractivity contribution in [2.75, 3.05) is 5.73 Å². The molecule has 0 amide bonds. The molecule has 2 N–H and O–H groups in total. The summed E-state index contributed by atoms with van der Waals surface area (Å²) in [4.78, 5) is 1.33. The number of hydrogen-bond acceptors (Lipinski definition) is 5. The average Bonchev–Trinajstić information content (AvgIpc) is 2.94. The van der Waals surface area contributed by atoms with Crippen LogP contribution in [0.3, 0.4) is 0 Å². The first kappa shape index (κ1) is 12.6. The van der Waals surface area contributed by atoms with E-state index in [0.29, 0.717) is 15.4 Å². The molecule has 0 radical (unpaired) electrons. The molecule has 3 rings (SSSR count). The van der Waals surface area contributed by atoms with E-state index in [9.17, 15) is 4.21 Å². The molecule has 0 saturated heterocycles. The van der Waals surface area contributed by atoms with Gasteiger partial charge in [0.25, 0.3) is 5.89 Å². The highest BCUT2D eigenvalue weighted by atomic mass is 32.2. The summed E-state index contributed by atoms with van der Waals surface area (Å²) in [5.74, 6) is 0.266. The number of nitrogens with two attached hydrogens (primary N) is 1. The molecule has 0 saturated carbocycles. The Kier molecular flexibility index (Phi) is 3.30. The quantitative estimate of drug-likeness (QED) is 0.799. The molecular formula is C14H11N3O2S. The summed E-state index contributed by atoms with van der Waals surface area (Å²) in [7, 11) is -1.32. The van der Waals surface area contributed by atoms with Crippen molar-refractivity contribution in [1.29, 1.82) is 0 Å². The maximum atomic E-state index is 12.6. The summed E-state index contributed by atoms with van der Waals surface area (Å²) in [5, 5.41) is 7.47. The van der Waals surface area contributed by atoms with Crippen LogP contribution in [0, 0.1) is 0 Å². The molecule has 1 unspecified atom stereocenters. The van der Waals surface area contributed by atoms with Gasteiger partial charge in [-0.3, -0.25) is 0 Å². The van der Waals surface area contributed by atoms with Crippen LogP contribution < -0.4 is 5.73 Å². The highest BCUT2D eigenvalue weighted by molar-refractivity contribution is 7.85. The van der Waals surface area contributed by atoms with Gasteiger partial charge >= 0.3 is 6.01 Å². The van der Waals surface area contributed by atoms with Crippen LogP contribution in [0.1, 0.15) is 0 Å². The lowest BCUT2D eigenvalue weighted by molar-refractivity contribution is 0.588. The van der Waals surface area contributed by atoms with Crippen molar-refractivity contribution in [3.63, 3.8) is 0 Å². The van der Waals surface area contributed by atoms with Crippen molar-refractivity contribution < 1.29 is 8.63 Å². The van der Waals surface area contributed by atoms with Crippen LogP contribution in [-0.2, 0) is 10.8 Å². The highest BCUT2D eigenvalue weighted by Crippen LogP contribution is 2.28. The number of benzene rings is 2. The minimum atomic E-state index is -1.32. The molecule has 20 heavy (non-hydrogen) atoms. The van der Waals surface area contributed by atoms with Gasteiger partial charge in [-0.15, -0.1) is 5.10 Å². The second-order valence-electron chi connectivity index (χ2n) is 4.02. The lowest BCUT2D eigenvalue weighted by atomic mass is 10.2. The van der Waals surface area contributed by atoms with Gasteiger partial charge in [0.1, 0.15) is 0 Å². The van der Waals surface area contributed by atoms with E-state index >= 15 is 0 Å². The Hall–Kier alpha value is -2.47. The molecule has 5 nitrogen and oxygen atoms in total. The van der Waals surface area contributed by atoms with Gasteiger partial charge in [-0.05, 0) is 24.3 Å². The Morgan fingerprint density at radius 2 is 1.65 bits per heavy atom. The Morgan fingerprint density at radius 1 is 0.950 bits per heavy atom. The first-order chi connectivity index (χ1) is 9.75. The summed E-state index contributed by atoms with van der Waals surface area (Å²) < 4.78 is 17.9. The predicted molar refractivity (Wildman–Crippen MR) is 75.3 cm³/mol. The molecular weight excluding hydrogens is 274 g/mol. The molecule has 0 aliphatic rings. The number of rotatable bonds is 3. The average molecular weight is 285 g/mol. The van der Waals surface area contributed by atoms with Crippen molar-refractivity contribution in [2.24, 2.45) is 0 Å². The van der Waals surface area contributed by atoms with Crippen molar-refractivity contribution in [1.82, 2.24) is 10.2 Å². The maximum absolute atomic E-state index is 12.6.